The molecule has 1 aliphatic carbocycles. The molecular formula is C18H26O. The highest BCUT2D eigenvalue weighted by molar-refractivity contribution is 5.30. The minimum absolute atomic E-state index is 0.403. The zero-order valence-corrected chi connectivity index (χ0v) is 12.2. The van der Waals surface area contributed by atoms with Crippen molar-refractivity contribution in [2.45, 2.75) is 64.4 Å². The van der Waals surface area contributed by atoms with Crippen molar-refractivity contribution < 1.29 is 5.11 Å². The molecule has 1 aromatic rings. The predicted molar refractivity (Wildman–Crippen MR) is 81.3 cm³/mol. The molecule has 0 aliphatic heterocycles. The predicted octanol–water partition coefficient (Wildman–Crippen LogP) is 5.12. The van der Waals surface area contributed by atoms with Gasteiger partial charge in [-0.25, -0.2) is 0 Å². The minimum atomic E-state index is -0.403. The van der Waals surface area contributed by atoms with Crippen molar-refractivity contribution in [3.8, 4) is 0 Å². The van der Waals surface area contributed by atoms with E-state index in [0.717, 1.165) is 18.4 Å². The van der Waals surface area contributed by atoms with Gasteiger partial charge in [-0.05, 0) is 48.3 Å². The number of rotatable bonds is 3. The second-order valence-corrected chi connectivity index (χ2v) is 5.96. The van der Waals surface area contributed by atoms with Crippen LogP contribution in [-0.4, -0.2) is 5.11 Å². The van der Waals surface area contributed by atoms with Crippen molar-refractivity contribution in [2.75, 3.05) is 0 Å². The van der Waals surface area contributed by atoms with E-state index in [4.69, 9.17) is 0 Å². The Morgan fingerprint density at radius 1 is 0.895 bits per heavy atom. The fourth-order valence-corrected chi connectivity index (χ4v) is 2.74. The monoisotopic (exact) mass is 258 g/mol. The maximum Gasteiger partial charge on any atom is 0.100 e. The summed E-state index contributed by atoms with van der Waals surface area (Å²) in [6, 6.07) is 8.46. The fourth-order valence-electron chi connectivity index (χ4n) is 2.74. The summed E-state index contributed by atoms with van der Waals surface area (Å²) in [5.41, 5.74) is 3.59. The third-order valence-corrected chi connectivity index (χ3v) is 4.10. The Morgan fingerprint density at radius 3 is 2.21 bits per heavy atom. The zero-order valence-electron chi connectivity index (χ0n) is 12.2. The Morgan fingerprint density at radius 2 is 1.53 bits per heavy atom. The lowest BCUT2D eigenvalue weighted by molar-refractivity contribution is 0.209. The molecule has 1 N–H and O–H groups in total. The van der Waals surface area contributed by atoms with E-state index in [0.29, 0.717) is 5.92 Å². The van der Waals surface area contributed by atoms with E-state index >= 15 is 0 Å². The summed E-state index contributed by atoms with van der Waals surface area (Å²) in [6.07, 6.45) is 9.15. The van der Waals surface area contributed by atoms with Crippen LogP contribution in [0.5, 0.6) is 0 Å². The zero-order chi connectivity index (χ0) is 13.7. The van der Waals surface area contributed by atoms with Gasteiger partial charge < -0.3 is 5.11 Å². The number of allylic oxidation sites excluding steroid dienone is 1. The van der Waals surface area contributed by atoms with Crippen LogP contribution in [0.2, 0.25) is 0 Å². The molecule has 1 atom stereocenters. The molecule has 0 heterocycles. The molecule has 0 amide bonds. The molecular weight excluding hydrogens is 232 g/mol. The highest BCUT2D eigenvalue weighted by Crippen LogP contribution is 2.29. The third-order valence-electron chi connectivity index (χ3n) is 4.10. The van der Waals surface area contributed by atoms with E-state index in [1.54, 1.807) is 0 Å². The van der Waals surface area contributed by atoms with Crippen LogP contribution >= 0.6 is 0 Å². The van der Waals surface area contributed by atoms with Crippen molar-refractivity contribution in [2.24, 2.45) is 0 Å². The third kappa shape index (κ3) is 3.94. The smallest absolute Gasteiger partial charge is 0.100 e. The lowest BCUT2D eigenvalue weighted by Gasteiger charge is -2.18. The van der Waals surface area contributed by atoms with Gasteiger partial charge >= 0.3 is 0 Å². The second-order valence-electron chi connectivity index (χ2n) is 5.96. The molecule has 2 rings (SSSR count). The lowest BCUT2D eigenvalue weighted by atomic mass is 9.92. The van der Waals surface area contributed by atoms with Gasteiger partial charge in [0.1, 0.15) is 6.10 Å². The molecule has 1 unspecified atom stereocenters. The summed E-state index contributed by atoms with van der Waals surface area (Å²) < 4.78 is 0. The van der Waals surface area contributed by atoms with Gasteiger partial charge in [0.25, 0.3) is 0 Å². The largest absolute Gasteiger partial charge is 0.384 e. The molecule has 104 valence electrons. The average molecular weight is 258 g/mol. The van der Waals surface area contributed by atoms with Crippen molar-refractivity contribution in [1.82, 2.24) is 0 Å². The summed E-state index contributed by atoms with van der Waals surface area (Å²) in [5.74, 6) is 0.548. The summed E-state index contributed by atoms with van der Waals surface area (Å²) in [7, 11) is 0. The number of aliphatic hydroxyl groups is 1. The number of hydrogen-bond donors (Lipinski definition) is 1. The van der Waals surface area contributed by atoms with Gasteiger partial charge in [0.05, 0.1) is 0 Å². The number of benzene rings is 1. The Kier molecular flexibility index (Phi) is 5.21. The van der Waals surface area contributed by atoms with Crippen molar-refractivity contribution in [1.29, 1.82) is 0 Å². The summed E-state index contributed by atoms with van der Waals surface area (Å²) in [6.45, 7) is 4.39. The van der Waals surface area contributed by atoms with E-state index in [2.05, 4.69) is 44.2 Å². The van der Waals surface area contributed by atoms with Gasteiger partial charge in [-0.15, -0.1) is 0 Å². The summed E-state index contributed by atoms with van der Waals surface area (Å²) in [5, 5.41) is 10.5. The van der Waals surface area contributed by atoms with Gasteiger partial charge in [-0.1, -0.05) is 57.0 Å². The van der Waals surface area contributed by atoms with Crippen LogP contribution in [0.15, 0.2) is 35.9 Å². The highest BCUT2D eigenvalue weighted by atomic mass is 16.3. The van der Waals surface area contributed by atoms with Gasteiger partial charge in [0.15, 0.2) is 0 Å². The second kappa shape index (κ2) is 6.91. The molecule has 0 saturated carbocycles. The Labute approximate surface area is 117 Å². The normalized spacial score (nSPS) is 21.4. The van der Waals surface area contributed by atoms with Crippen LogP contribution in [0.25, 0.3) is 0 Å². The molecule has 0 spiro atoms. The number of hydrogen-bond acceptors (Lipinski definition) is 1. The molecule has 1 nitrogen and oxygen atoms in total. The first kappa shape index (κ1) is 14.3. The molecule has 1 aliphatic rings. The topological polar surface area (TPSA) is 20.2 Å². The SMILES string of the molecule is CC(C)c1ccc(C(O)/C2=C/CCCCCC2)cc1. The highest BCUT2D eigenvalue weighted by Gasteiger charge is 2.14. The molecule has 1 aromatic carbocycles. The molecule has 0 radical (unpaired) electrons. The first-order chi connectivity index (χ1) is 9.18. The molecule has 0 fully saturated rings. The minimum Gasteiger partial charge on any atom is -0.384 e. The van der Waals surface area contributed by atoms with E-state index in [1.165, 1.54) is 36.8 Å². The molecule has 1 heteroatoms. The van der Waals surface area contributed by atoms with Gasteiger partial charge in [-0.3, -0.25) is 0 Å². The van der Waals surface area contributed by atoms with Crippen LogP contribution < -0.4 is 0 Å². The first-order valence-electron chi connectivity index (χ1n) is 7.65. The average Bonchev–Trinajstić information content (AvgIpc) is 2.38. The summed E-state index contributed by atoms with van der Waals surface area (Å²) in [4.78, 5) is 0. The van der Waals surface area contributed by atoms with Crippen LogP contribution in [0.1, 0.15) is 75.5 Å². The van der Waals surface area contributed by atoms with Crippen LogP contribution in [0.4, 0.5) is 0 Å². The molecule has 0 bridgehead atoms. The Bertz CT molecular complexity index is 414. The van der Waals surface area contributed by atoms with Crippen LogP contribution in [0.3, 0.4) is 0 Å². The van der Waals surface area contributed by atoms with E-state index in [1.807, 2.05) is 0 Å². The van der Waals surface area contributed by atoms with Gasteiger partial charge in [-0.2, -0.15) is 0 Å². The van der Waals surface area contributed by atoms with Gasteiger partial charge in [0.2, 0.25) is 0 Å². The van der Waals surface area contributed by atoms with E-state index < -0.39 is 6.10 Å². The number of aliphatic hydroxyl groups excluding tert-OH is 1. The Balaban J connectivity index is 2.11. The fraction of sp³-hybridized carbons (Fsp3) is 0.556. The molecule has 0 saturated heterocycles. The van der Waals surface area contributed by atoms with E-state index in [-0.39, 0.29) is 0 Å². The maximum atomic E-state index is 10.5. The van der Waals surface area contributed by atoms with Crippen molar-refractivity contribution in [3.05, 3.63) is 47.0 Å². The standard InChI is InChI=1S/C18H26O/c1-14(2)15-10-12-17(13-11-15)18(19)16-8-6-4-3-5-7-9-16/h8,10-14,18-19H,3-7,9H2,1-2H3/b16-8+. The van der Waals surface area contributed by atoms with Crippen LogP contribution in [0, 0.1) is 0 Å². The molecule has 19 heavy (non-hydrogen) atoms. The Hall–Kier alpha value is -1.08. The summed E-state index contributed by atoms with van der Waals surface area (Å²) >= 11 is 0. The quantitative estimate of drug-likeness (QED) is 0.746. The molecule has 0 aromatic heterocycles. The van der Waals surface area contributed by atoms with E-state index in [9.17, 15) is 5.11 Å². The van der Waals surface area contributed by atoms with Crippen LogP contribution in [-0.2, 0) is 0 Å². The van der Waals surface area contributed by atoms with Gasteiger partial charge in [0, 0.05) is 0 Å². The lowest BCUT2D eigenvalue weighted by Crippen LogP contribution is -2.04. The first-order valence-corrected chi connectivity index (χ1v) is 7.65. The van der Waals surface area contributed by atoms with Crippen molar-refractivity contribution >= 4 is 0 Å². The van der Waals surface area contributed by atoms with Crippen molar-refractivity contribution in [3.63, 3.8) is 0 Å². The maximum absolute atomic E-state index is 10.5.